The van der Waals surface area contributed by atoms with Crippen molar-refractivity contribution in [1.82, 2.24) is 0 Å². The summed E-state index contributed by atoms with van der Waals surface area (Å²) in [7, 11) is 2.52. The fourth-order valence-corrected chi connectivity index (χ4v) is 1.95. The molecule has 0 heterocycles. The van der Waals surface area contributed by atoms with Gasteiger partial charge in [0.1, 0.15) is 0 Å². The van der Waals surface area contributed by atoms with Crippen LogP contribution in [-0.4, -0.2) is 36.9 Å². The average Bonchev–Trinajstić information content (AvgIpc) is 2.29. The smallest absolute Gasteiger partial charge is 0.304 e. The lowest BCUT2D eigenvalue weighted by Crippen LogP contribution is -2.31. The number of methoxy groups -OCH3 is 2. The molecule has 0 spiro atoms. The molecule has 0 bridgehead atoms. The first-order chi connectivity index (χ1) is 8.74. The predicted octanol–water partition coefficient (Wildman–Crippen LogP) is 1.07. The van der Waals surface area contributed by atoms with Crippen LogP contribution >= 0.6 is 0 Å². The maximum absolute atomic E-state index is 12.2. The zero-order valence-corrected chi connectivity index (χ0v) is 11.3. The molecule has 0 aliphatic heterocycles. The Labute approximate surface area is 110 Å². The van der Waals surface area contributed by atoms with Gasteiger partial charge in [-0.25, -0.2) is 0 Å². The second kappa shape index (κ2) is 5.26. The van der Waals surface area contributed by atoms with Crippen LogP contribution in [0.1, 0.15) is 20.3 Å². The Bertz CT molecular complexity index is 495. The third-order valence-electron chi connectivity index (χ3n) is 2.89. The molecular formula is C13H16O6. The van der Waals surface area contributed by atoms with Crippen molar-refractivity contribution in [2.75, 3.05) is 14.2 Å². The zero-order chi connectivity index (χ0) is 14.8. The van der Waals surface area contributed by atoms with Gasteiger partial charge in [0.15, 0.2) is 0 Å². The van der Waals surface area contributed by atoms with Gasteiger partial charge in [-0.2, -0.15) is 0 Å². The average molecular weight is 268 g/mol. The van der Waals surface area contributed by atoms with Crippen molar-refractivity contribution in [3.8, 4) is 0 Å². The first kappa shape index (κ1) is 14.9. The summed E-state index contributed by atoms with van der Waals surface area (Å²) in [5, 5.41) is 8.86. The van der Waals surface area contributed by atoms with Crippen molar-refractivity contribution in [2.45, 2.75) is 20.3 Å². The van der Waals surface area contributed by atoms with Crippen LogP contribution in [0.4, 0.5) is 0 Å². The van der Waals surface area contributed by atoms with Crippen LogP contribution in [0.15, 0.2) is 23.2 Å². The van der Waals surface area contributed by atoms with Gasteiger partial charge in [-0.1, -0.05) is 13.8 Å². The topological polar surface area (TPSA) is 89.9 Å². The molecule has 1 aliphatic carbocycles. The third-order valence-corrected chi connectivity index (χ3v) is 2.89. The fourth-order valence-electron chi connectivity index (χ4n) is 1.95. The number of hydrogen-bond donors (Lipinski definition) is 1. The molecule has 0 radical (unpaired) electrons. The fraction of sp³-hybridized carbons (Fsp3) is 0.462. The molecule has 1 rings (SSSR count). The van der Waals surface area contributed by atoms with Crippen LogP contribution < -0.4 is 0 Å². The van der Waals surface area contributed by atoms with Gasteiger partial charge in [-0.15, -0.1) is 0 Å². The van der Waals surface area contributed by atoms with Gasteiger partial charge in [0.25, 0.3) is 0 Å². The highest BCUT2D eigenvalue weighted by atomic mass is 16.5. The van der Waals surface area contributed by atoms with E-state index in [-0.39, 0.29) is 23.5 Å². The Hall–Kier alpha value is -2.11. The molecule has 0 aromatic heterocycles. The van der Waals surface area contributed by atoms with Crippen LogP contribution in [0.25, 0.3) is 0 Å². The van der Waals surface area contributed by atoms with Crippen LogP contribution in [0, 0.1) is 5.41 Å². The third kappa shape index (κ3) is 2.83. The molecule has 1 N–H and O–H groups in total. The van der Waals surface area contributed by atoms with Crippen LogP contribution in [0.2, 0.25) is 0 Å². The van der Waals surface area contributed by atoms with E-state index in [1.54, 1.807) is 13.8 Å². The number of carbonyl (C=O) groups excluding carboxylic acids is 2. The van der Waals surface area contributed by atoms with Crippen molar-refractivity contribution in [3.63, 3.8) is 0 Å². The van der Waals surface area contributed by atoms with Gasteiger partial charge in [0, 0.05) is 11.0 Å². The lowest BCUT2D eigenvalue weighted by molar-refractivity contribution is -0.139. The monoisotopic (exact) mass is 268 g/mol. The summed E-state index contributed by atoms with van der Waals surface area (Å²) in [6.07, 6.45) is 0.851. The van der Waals surface area contributed by atoms with Crippen molar-refractivity contribution in [1.29, 1.82) is 0 Å². The molecule has 0 atom stereocenters. The van der Waals surface area contributed by atoms with E-state index in [1.807, 2.05) is 0 Å². The molecule has 6 heteroatoms. The van der Waals surface area contributed by atoms with Crippen molar-refractivity contribution < 1.29 is 29.0 Å². The molecule has 0 amide bonds. The Balaban J connectivity index is 3.24. The zero-order valence-electron chi connectivity index (χ0n) is 11.3. The van der Waals surface area contributed by atoms with E-state index in [1.165, 1.54) is 14.2 Å². The van der Waals surface area contributed by atoms with E-state index < -0.39 is 23.0 Å². The minimum Gasteiger partial charge on any atom is -0.490 e. The molecule has 0 saturated heterocycles. The van der Waals surface area contributed by atoms with Gasteiger partial charge in [0.05, 0.1) is 20.6 Å². The summed E-state index contributed by atoms with van der Waals surface area (Å²) in [6, 6.07) is 0. The number of rotatable bonds is 5. The quantitative estimate of drug-likeness (QED) is 0.750. The van der Waals surface area contributed by atoms with Crippen molar-refractivity contribution >= 4 is 17.5 Å². The SMILES string of the molecule is COC1=C(OC)C(=O)C(C(C)(C)CC(=O)O)=CC1=O. The van der Waals surface area contributed by atoms with Crippen molar-refractivity contribution in [2.24, 2.45) is 5.41 Å². The highest BCUT2D eigenvalue weighted by Gasteiger charge is 2.39. The number of ether oxygens (including phenoxy) is 2. The Morgan fingerprint density at radius 2 is 1.74 bits per heavy atom. The van der Waals surface area contributed by atoms with Crippen LogP contribution in [0.3, 0.4) is 0 Å². The number of Topliss-reactive ketones (excluding diaryl/α,β-unsaturated/α-hetero) is 1. The summed E-state index contributed by atoms with van der Waals surface area (Å²) in [6.45, 7) is 3.17. The van der Waals surface area contributed by atoms with Crippen molar-refractivity contribution in [3.05, 3.63) is 23.2 Å². The van der Waals surface area contributed by atoms with E-state index in [9.17, 15) is 14.4 Å². The number of aliphatic carboxylic acids is 1. The first-order valence-electron chi connectivity index (χ1n) is 5.60. The lowest BCUT2D eigenvalue weighted by Gasteiger charge is -2.28. The largest absolute Gasteiger partial charge is 0.490 e. The lowest BCUT2D eigenvalue weighted by atomic mass is 9.76. The number of carbonyl (C=O) groups is 3. The minimum absolute atomic E-state index is 0.109. The summed E-state index contributed by atoms with van der Waals surface area (Å²) < 4.78 is 9.75. The maximum Gasteiger partial charge on any atom is 0.304 e. The van der Waals surface area contributed by atoms with Gasteiger partial charge < -0.3 is 14.6 Å². The molecule has 6 nitrogen and oxygen atoms in total. The molecule has 0 fully saturated rings. The highest BCUT2D eigenvalue weighted by molar-refractivity contribution is 6.21. The molecular weight excluding hydrogens is 252 g/mol. The highest BCUT2D eigenvalue weighted by Crippen LogP contribution is 2.36. The Morgan fingerprint density at radius 1 is 1.21 bits per heavy atom. The molecule has 104 valence electrons. The van der Waals surface area contributed by atoms with Gasteiger partial charge in [0.2, 0.25) is 23.1 Å². The Kier molecular flexibility index (Phi) is 4.14. The first-order valence-corrected chi connectivity index (χ1v) is 5.60. The molecule has 19 heavy (non-hydrogen) atoms. The number of hydrogen-bond acceptors (Lipinski definition) is 5. The molecule has 0 unspecified atom stereocenters. The van der Waals surface area contributed by atoms with E-state index in [0.29, 0.717) is 0 Å². The van der Waals surface area contributed by atoms with E-state index in [2.05, 4.69) is 0 Å². The number of carboxylic acid groups (broad SMARTS) is 1. The minimum atomic E-state index is -1.05. The van der Waals surface area contributed by atoms with E-state index in [0.717, 1.165) is 6.08 Å². The number of carboxylic acids is 1. The van der Waals surface area contributed by atoms with Gasteiger partial charge >= 0.3 is 5.97 Å². The van der Waals surface area contributed by atoms with Crippen LogP contribution in [0.5, 0.6) is 0 Å². The normalized spacial score (nSPS) is 16.3. The molecule has 0 saturated carbocycles. The standard InChI is InChI=1S/C13H16O6/c1-13(2,6-9(15)16)7-5-8(14)11(18-3)12(19-4)10(7)17/h5H,6H2,1-4H3,(H,15,16). The summed E-state index contributed by atoms with van der Waals surface area (Å²) >= 11 is 0. The molecule has 1 aliphatic rings. The van der Waals surface area contributed by atoms with Gasteiger partial charge in [-0.3, -0.25) is 14.4 Å². The second-order valence-electron chi connectivity index (χ2n) is 4.77. The number of ketones is 2. The maximum atomic E-state index is 12.2. The van der Waals surface area contributed by atoms with Crippen LogP contribution in [-0.2, 0) is 23.9 Å². The molecule has 0 aromatic rings. The number of allylic oxidation sites excluding steroid dienone is 2. The summed E-state index contributed by atoms with van der Waals surface area (Å²) in [4.78, 5) is 34.9. The molecule has 0 aromatic carbocycles. The van der Waals surface area contributed by atoms with Gasteiger partial charge in [-0.05, 0) is 6.08 Å². The summed E-state index contributed by atoms with van der Waals surface area (Å²) in [5.74, 6) is -2.44. The predicted molar refractivity (Wildman–Crippen MR) is 65.2 cm³/mol. The second-order valence-corrected chi connectivity index (χ2v) is 4.77. The van der Waals surface area contributed by atoms with E-state index in [4.69, 9.17) is 14.6 Å². The van der Waals surface area contributed by atoms with E-state index >= 15 is 0 Å². The summed E-state index contributed by atoms with van der Waals surface area (Å²) in [5.41, 5.74) is -0.862. The Morgan fingerprint density at radius 3 is 2.16 bits per heavy atom.